The number of amides is 4. The lowest BCUT2D eigenvalue weighted by atomic mass is 10.1. The van der Waals surface area contributed by atoms with Gasteiger partial charge in [-0.15, -0.1) is 0 Å². The van der Waals surface area contributed by atoms with Crippen LogP contribution in [0, 0.1) is 0 Å². The summed E-state index contributed by atoms with van der Waals surface area (Å²) in [5.41, 5.74) is 0.798. The summed E-state index contributed by atoms with van der Waals surface area (Å²) in [5, 5.41) is 5.09. The van der Waals surface area contributed by atoms with Gasteiger partial charge in [-0.25, -0.2) is 9.59 Å². The predicted molar refractivity (Wildman–Crippen MR) is 101 cm³/mol. The molecule has 2 heterocycles. The Labute approximate surface area is 167 Å². The van der Waals surface area contributed by atoms with E-state index in [1.807, 2.05) is 30.3 Å². The quantitative estimate of drug-likeness (QED) is 0.674. The van der Waals surface area contributed by atoms with Crippen molar-refractivity contribution in [1.82, 2.24) is 15.5 Å². The van der Waals surface area contributed by atoms with Gasteiger partial charge in [0.25, 0.3) is 11.8 Å². The molecule has 3 rings (SSSR count). The van der Waals surface area contributed by atoms with Gasteiger partial charge in [0.1, 0.15) is 6.04 Å². The number of benzene rings is 1. The van der Waals surface area contributed by atoms with Crippen molar-refractivity contribution in [2.45, 2.75) is 25.5 Å². The average molecular weight is 399 g/mol. The van der Waals surface area contributed by atoms with Gasteiger partial charge in [-0.3, -0.25) is 14.5 Å². The Hall–Kier alpha value is -3.62. The zero-order valence-corrected chi connectivity index (χ0v) is 15.8. The molecule has 9 heteroatoms. The zero-order chi connectivity index (χ0) is 20.8. The molecule has 4 amide bonds. The molecular weight excluding hydrogens is 378 g/mol. The number of rotatable bonds is 7. The minimum Gasteiger partial charge on any atom is -0.459 e. The summed E-state index contributed by atoms with van der Waals surface area (Å²) in [6.45, 7) is 1.95. The summed E-state index contributed by atoms with van der Waals surface area (Å²) in [6.07, 6.45) is 0.337. The first kappa shape index (κ1) is 20.1. The monoisotopic (exact) mass is 399 g/mol. The highest BCUT2D eigenvalue weighted by Crippen LogP contribution is 2.10. The third-order valence-electron chi connectivity index (χ3n) is 4.38. The Morgan fingerprint density at radius 2 is 1.97 bits per heavy atom. The van der Waals surface area contributed by atoms with Gasteiger partial charge in [0.05, 0.1) is 6.26 Å². The van der Waals surface area contributed by atoms with E-state index in [1.54, 1.807) is 6.07 Å². The fourth-order valence-corrected chi connectivity index (χ4v) is 2.89. The fraction of sp³-hybridized carbons (Fsp3) is 0.300. The van der Waals surface area contributed by atoms with E-state index in [0.717, 1.165) is 10.5 Å². The van der Waals surface area contributed by atoms with Gasteiger partial charge < -0.3 is 19.8 Å². The summed E-state index contributed by atoms with van der Waals surface area (Å²) in [7, 11) is 0. The van der Waals surface area contributed by atoms with Crippen LogP contribution >= 0.6 is 0 Å². The number of furan rings is 1. The van der Waals surface area contributed by atoms with Crippen molar-refractivity contribution in [2.75, 3.05) is 13.1 Å². The number of nitrogens with zero attached hydrogens (tertiary/aromatic N) is 1. The molecule has 0 aliphatic carbocycles. The first-order chi connectivity index (χ1) is 14.0. The molecule has 1 aliphatic heterocycles. The lowest BCUT2D eigenvalue weighted by Gasteiger charge is -2.22. The molecule has 0 bridgehead atoms. The van der Waals surface area contributed by atoms with Gasteiger partial charge in [-0.05, 0) is 24.6 Å². The molecule has 2 N–H and O–H groups in total. The Morgan fingerprint density at radius 3 is 2.59 bits per heavy atom. The minimum absolute atomic E-state index is 0.0497. The van der Waals surface area contributed by atoms with Crippen LogP contribution in [-0.4, -0.2) is 54.0 Å². The van der Waals surface area contributed by atoms with Crippen LogP contribution in [0.1, 0.15) is 23.0 Å². The molecule has 152 valence electrons. The molecule has 2 aromatic rings. The molecule has 0 spiro atoms. The first-order valence-electron chi connectivity index (χ1n) is 9.13. The molecule has 1 aromatic heterocycles. The second-order valence-corrected chi connectivity index (χ2v) is 6.49. The molecule has 1 aromatic carbocycles. The predicted octanol–water partition coefficient (Wildman–Crippen LogP) is 1.10. The highest BCUT2D eigenvalue weighted by Gasteiger charge is 2.33. The van der Waals surface area contributed by atoms with Gasteiger partial charge >= 0.3 is 12.0 Å². The molecule has 2 atom stereocenters. The second-order valence-electron chi connectivity index (χ2n) is 6.49. The number of imide groups is 1. The van der Waals surface area contributed by atoms with Crippen molar-refractivity contribution in [3.05, 3.63) is 60.1 Å². The normalized spacial score (nSPS) is 15.3. The van der Waals surface area contributed by atoms with E-state index in [0.29, 0.717) is 6.54 Å². The van der Waals surface area contributed by atoms with Crippen LogP contribution in [0.25, 0.3) is 0 Å². The van der Waals surface area contributed by atoms with Gasteiger partial charge in [0.15, 0.2) is 11.9 Å². The molecule has 1 fully saturated rings. The van der Waals surface area contributed by atoms with Crippen molar-refractivity contribution in [3.8, 4) is 0 Å². The molecule has 0 unspecified atom stereocenters. The number of ether oxygens (including phenoxy) is 1. The van der Waals surface area contributed by atoms with Gasteiger partial charge in [0.2, 0.25) is 0 Å². The summed E-state index contributed by atoms with van der Waals surface area (Å²) in [6, 6.07) is 10.5. The smallest absolute Gasteiger partial charge is 0.329 e. The first-order valence-corrected chi connectivity index (χ1v) is 9.13. The Morgan fingerprint density at radius 1 is 1.21 bits per heavy atom. The molecule has 29 heavy (non-hydrogen) atoms. The van der Waals surface area contributed by atoms with Crippen LogP contribution < -0.4 is 10.6 Å². The lowest BCUT2D eigenvalue weighted by Crippen LogP contribution is -2.47. The molecule has 1 aliphatic rings. The molecule has 0 saturated carbocycles. The number of carbonyl (C=O) groups excluding carboxylic acids is 4. The number of carbonyl (C=O) groups is 4. The highest BCUT2D eigenvalue weighted by atomic mass is 16.5. The third-order valence-corrected chi connectivity index (χ3v) is 4.38. The topological polar surface area (TPSA) is 118 Å². The van der Waals surface area contributed by atoms with E-state index in [9.17, 15) is 19.2 Å². The molecular formula is C20H21N3O6. The summed E-state index contributed by atoms with van der Waals surface area (Å²) < 4.78 is 10.3. The standard InChI is InChI=1S/C20H21N3O6/c1-13(18(25)23-10-9-21-20(23)27)29-19(26)15(12-14-6-3-2-4-7-14)22-17(24)16-8-5-11-28-16/h2-8,11,13,15H,9-10,12H2,1H3,(H,21,27)(H,22,24)/t13-,15-/m0/s1. The number of hydrogen-bond acceptors (Lipinski definition) is 6. The van der Waals surface area contributed by atoms with Crippen LogP contribution in [0.2, 0.25) is 0 Å². The van der Waals surface area contributed by atoms with Gasteiger partial charge in [-0.1, -0.05) is 30.3 Å². The van der Waals surface area contributed by atoms with E-state index in [2.05, 4.69) is 10.6 Å². The third kappa shape index (κ3) is 5.01. The summed E-state index contributed by atoms with van der Waals surface area (Å²) >= 11 is 0. The zero-order valence-electron chi connectivity index (χ0n) is 15.8. The van der Waals surface area contributed by atoms with Crippen molar-refractivity contribution in [3.63, 3.8) is 0 Å². The highest BCUT2D eigenvalue weighted by molar-refractivity contribution is 5.99. The maximum Gasteiger partial charge on any atom is 0.329 e. The number of urea groups is 1. The van der Waals surface area contributed by atoms with Crippen LogP contribution in [0.3, 0.4) is 0 Å². The van der Waals surface area contributed by atoms with Crippen molar-refractivity contribution in [1.29, 1.82) is 0 Å². The van der Waals surface area contributed by atoms with Crippen LogP contribution in [0.5, 0.6) is 0 Å². The van der Waals surface area contributed by atoms with Gasteiger partial charge in [-0.2, -0.15) is 0 Å². The second kappa shape index (κ2) is 9.05. The molecule has 1 saturated heterocycles. The average Bonchev–Trinajstić information content (AvgIpc) is 3.39. The van der Waals surface area contributed by atoms with Crippen molar-refractivity contribution < 1.29 is 28.3 Å². The van der Waals surface area contributed by atoms with Crippen LogP contribution in [0.4, 0.5) is 4.79 Å². The largest absolute Gasteiger partial charge is 0.459 e. The van der Waals surface area contributed by atoms with Crippen molar-refractivity contribution >= 4 is 23.8 Å². The summed E-state index contributed by atoms with van der Waals surface area (Å²) in [5.74, 6) is -1.93. The molecule has 0 radical (unpaired) electrons. The maximum atomic E-state index is 12.7. The Balaban J connectivity index is 1.69. The van der Waals surface area contributed by atoms with Crippen molar-refractivity contribution in [2.24, 2.45) is 0 Å². The number of esters is 1. The SMILES string of the molecule is C[C@H](OC(=O)[C@H](Cc1ccccc1)NC(=O)c1ccco1)C(=O)N1CCNC1=O. The van der Waals surface area contributed by atoms with E-state index in [4.69, 9.17) is 9.15 Å². The lowest BCUT2D eigenvalue weighted by molar-refractivity contribution is -0.159. The summed E-state index contributed by atoms with van der Waals surface area (Å²) in [4.78, 5) is 50.1. The number of hydrogen-bond donors (Lipinski definition) is 2. The van der Waals surface area contributed by atoms with Gasteiger partial charge in [0, 0.05) is 19.5 Å². The maximum absolute atomic E-state index is 12.7. The molecule has 9 nitrogen and oxygen atoms in total. The minimum atomic E-state index is -1.18. The van der Waals surface area contributed by atoms with E-state index < -0.39 is 36.0 Å². The van der Waals surface area contributed by atoms with E-state index in [-0.39, 0.29) is 18.7 Å². The number of nitrogens with one attached hydrogen (secondary N) is 2. The van der Waals surface area contributed by atoms with E-state index >= 15 is 0 Å². The Bertz CT molecular complexity index is 881. The Kier molecular flexibility index (Phi) is 6.28. The van der Waals surface area contributed by atoms with Crippen LogP contribution in [0.15, 0.2) is 53.1 Å². The van der Waals surface area contributed by atoms with Crippen LogP contribution in [-0.2, 0) is 20.7 Å². The fourth-order valence-electron chi connectivity index (χ4n) is 2.89. The van der Waals surface area contributed by atoms with E-state index in [1.165, 1.54) is 19.3 Å².